The maximum Gasteiger partial charge on any atom is 0.338 e. The van der Waals surface area contributed by atoms with E-state index in [-0.39, 0.29) is 11.5 Å². The van der Waals surface area contributed by atoms with Crippen molar-refractivity contribution in [1.82, 2.24) is 4.31 Å². The van der Waals surface area contributed by atoms with Crippen molar-refractivity contribution in [2.75, 3.05) is 13.7 Å². The Morgan fingerprint density at radius 2 is 2.04 bits per heavy atom. The number of hydrogen-bond donors (Lipinski definition) is 0. The van der Waals surface area contributed by atoms with Crippen LogP contribution in [0.5, 0.6) is 0 Å². The predicted molar refractivity (Wildman–Crippen MR) is 97.8 cm³/mol. The molecule has 5 nitrogen and oxygen atoms in total. The average molecular weight is 432 g/mol. The van der Waals surface area contributed by atoms with Crippen LogP contribution in [0.4, 0.5) is 0 Å². The molecule has 2 rings (SSSR count). The van der Waals surface area contributed by atoms with Crippen LogP contribution in [0.3, 0.4) is 0 Å². The van der Waals surface area contributed by atoms with Gasteiger partial charge in [0.1, 0.15) is 0 Å². The van der Waals surface area contributed by atoms with Gasteiger partial charge in [-0.1, -0.05) is 0 Å². The van der Waals surface area contributed by atoms with Crippen LogP contribution >= 0.6 is 27.3 Å². The number of aryl methyl sites for hydroxylation is 1. The summed E-state index contributed by atoms with van der Waals surface area (Å²) in [5.74, 6) is -0.482. The molecule has 0 saturated heterocycles. The fourth-order valence-electron chi connectivity index (χ4n) is 2.07. The van der Waals surface area contributed by atoms with Crippen molar-refractivity contribution in [3.05, 3.63) is 50.1 Å². The van der Waals surface area contributed by atoms with Crippen molar-refractivity contribution in [2.24, 2.45) is 0 Å². The molecule has 0 radical (unpaired) electrons. The van der Waals surface area contributed by atoms with Crippen molar-refractivity contribution in [3.8, 4) is 0 Å². The maximum atomic E-state index is 12.8. The molecule has 0 spiro atoms. The van der Waals surface area contributed by atoms with Crippen LogP contribution in [-0.4, -0.2) is 32.3 Å². The van der Waals surface area contributed by atoms with E-state index in [1.165, 1.54) is 33.8 Å². The minimum absolute atomic E-state index is 0.118. The molecular formula is C16H18BrNO4S2. The Bertz CT molecular complexity index is 846. The van der Waals surface area contributed by atoms with Crippen molar-refractivity contribution >= 4 is 43.3 Å². The molecule has 0 saturated carbocycles. The molecule has 0 aliphatic heterocycles. The summed E-state index contributed by atoms with van der Waals surface area (Å²) in [6.07, 6.45) is 0. The molecule has 2 aromatic rings. The zero-order chi connectivity index (χ0) is 17.9. The predicted octanol–water partition coefficient (Wildman–Crippen LogP) is 3.82. The highest BCUT2D eigenvalue weighted by molar-refractivity contribution is 9.10. The number of rotatable bonds is 6. The summed E-state index contributed by atoms with van der Waals surface area (Å²) in [4.78, 5) is 12.9. The molecule has 0 bridgehead atoms. The Morgan fingerprint density at radius 3 is 2.58 bits per heavy atom. The fraction of sp³-hybridized carbons (Fsp3) is 0.312. The van der Waals surface area contributed by atoms with Crippen LogP contribution < -0.4 is 0 Å². The number of benzene rings is 1. The van der Waals surface area contributed by atoms with Gasteiger partial charge in [-0.05, 0) is 65.0 Å². The highest BCUT2D eigenvalue weighted by atomic mass is 79.9. The van der Waals surface area contributed by atoms with Crippen LogP contribution in [0.25, 0.3) is 0 Å². The SMILES string of the molecule is CCOC(=O)c1ccc(S(=O)(=O)N(C)Cc2sccc2C)c(Br)c1. The third-order valence-corrected chi connectivity index (χ3v) is 7.25. The monoisotopic (exact) mass is 431 g/mol. The highest BCUT2D eigenvalue weighted by Crippen LogP contribution is 2.28. The lowest BCUT2D eigenvalue weighted by Crippen LogP contribution is -2.26. The van der Waals surface area contributed by atoms with Crippen LogP contribution in [0.15, 0.2) is 39.0 Å². The zero-order valence-corrected chi connectivity index (χ0v) is 16.8. The number of sulfonamides is 1. The van der Waals surface area contributed by atoms with Crippen LogP contribution in [0.2, 0.25) is 0 Å². The third-order valence-electron chi connectivity index (χ3n) is 3.47. The summed E-state index contributed by atoms with van der Waals surface area (Å²) < 4.78 is 32.1. The molecule has 0 amide bonds. The molecule has 1 aromatic carbocycles. The van der Waals surface area contributed by atoms with Gasteiger partial charge in [0.2, 0.25) is 10.0 Å². The second kappa shape index (κ2) is 7.77. The molecule has 130 valence electrons. The number of carbonyl (C=O) groups excluding carboxylic acids is 1. The van der Waals surface area contributed by atoms with E-state index in [0.717, 1.165) is 10.4 Å². The number of nitrogens with zero attached hydrogens (tertiary/aromatic N) is 1. The third kappa shape index (κ3) is 4.05. The zero-order valence-electron chi connectivity index (χ0n) is 13.6. The van der Waals surface area contributed by atoms with Gasteiger partial charge in [0.05, 0.1) is 17.1 Å². The van der Waals surface area contributed by atoms with Crippen molar-refractivity contribution < 1.29 is 17.9 Å². The van der Waals surface area contributed by atoms with E-state index in [4.69, 9.17) is 4.74 Å². The number of hydrogen-bond acceptors (Lipinski definition) is 5. The van der Waals surface area contributed by atoms with E-state index < -0.39 is 16.0 Å². The summed E-state index contributed by atoms with van der Waals surface area (Å²) in [6.45, 7) is 4.24. The Labute approximate surface area is 154 Å². The fourth-order valence-corrected chi connectivity index (χ4v) is 5.29. The van der Waals surface area contributed by atoms with E-state index in [1.807, 2.05) is 18.4 Å². The van der Waals surface area contributed by atoms with Gasteiger partial charge in [-0.2, -0.15) is 4.31 Å². The average Bonchev–Trinajstić information content (AvgIpc) is 2.92. The lowest BCUT2D eigenvalue weighted by atomic mass is 10.2. The molecule has 0 aliphatic carbocycles. The summed E-state index contributed by atoms with van der Waals surface area (Å²) in [7, 11) is -2.13. The normalized spacial score (nSPS) is 11.7. The first-order chi connectivity index (χ1) is 11.3. The summed E-state index contributed by atoms with van der Waals surface area (Å²) in [5, 5.41) is 1.94. The Morgan fingerprint density at radius 1 is 1.33 bits per heavy atom. The van der Waals surface area contributed by atoms with Crippen molar-refractivity contribution in [2.45, 2.75) is 25.3 Å². The molecule has 24 heavy (non-hydrogen) atoms. The van der Waals surface area contributed by atoms with Crippen molar-refractivity contribution in [1.29, 1.82) is 0 Å². The smallest absolute Gasteiger partial charge is 0.338 e. The lowest BCUT2D eigenvalue weighted by molar-refractivity contribution is 0.0526. The van der Waals surface area contributed by atoms with Gasteiger partial charge in [0.25, 0.3) is 0 Å². The first-order valence-electron chi connectivity index (χ1n) is 7.23. The molecule has 8 heteroatoms. The van der Waals surface area contributed by atoms with Gasteiger partial charge < -0.3 is 4.74 Å². The van der Waals surface area contributed by atoms with Gasteiger partial charge >= 0.3 is 5.97 Å². The lowest BCUT2D eigenvalue weighted by Gasteiger charge is -2.18. The van der Waals surface area contributed by atoms with Gasteiger partial charge in [-0.3, -0.25) is 0 Å². The summed E-state index contributed by atoms with van der Waals surface area (Å²) >= 11 is 4.78. The second-order valence-electron chi connectivity index (χ2n) is 5.15. The van der Waals surface area contributed by atoms with E-state index >= 15 is 0 Å². The quantitative estimate of drug-likeness (QED) is 0.652. The Balaban J connectivity index is 2.28. The van der Waals surface area contributed by atoms with Gasteiger partial charge in [0.15, 0.2) is 0 Å². The van der Waals surface area contributed by atoms with Gasteiger partial charge in [-0.15, -0.1) is 11.3 Å². The van der Waals surface area contributed by atoms with Crippen LogP contribution in [0, 0.1) is 6.92 Å². The second-order valence-corrected chi connectivity index (χ2v) is 9.02. The molecule has 0 unspecified atom stereocenters. The molecular weight excluding hydrogens is 414 g/mol. The molecule has 0 aliphatic rings. The summed E-state index contributed by atoms with van der Waals surface area (Å²) in [6, 6.07) is 6.31. The van der Waals surface area contributed by atoms with E-state index in [0.29, 0.717) is 16.6 Å². The molecule has 0 fully saturated rings. The van der Waals surface area contributed by atoms with Crippen LogP contribution in [-0.2, 0) is 21.3 Å². The first-order valence-corrected chi connectivity index (χ1v) is 10.3. The van der Waals surface area contributed by atoms with Gasteiger partial charge in [0, 0.05) is 22.9 Å². The topological polar surface area (TPSA) is 63.7 Å². The number of ether oxygens (including phenoxy) is 1. The van der Waals surface area contributed by atoms with Gasteiger partial charge in [-0.25, -0.2) is 13.2 Å². The minimum Gasteiger partial charge on any atom is -0.462 e. The van der Waals surface area contributed by atoms with E-state index in [1.54, 1.807) is 14.0 Å². The molecule has 1 aromatic heterocycles. The van der Waals surface area contributed by atoms with E-state index in [9.17, 15) is 13.2 Å². The Kier molecular flexibility index (Phi) is 6.19. The first kappa shape index (κ1) is 19.1. The number of esters is 1. The maximum absolute atomic E-state index is 12.8. The standard InChI is InChI=1S/C16H18BrNO4S2/c1-4-22-16(19)12-5-6-15(13(17)9-12)24(20,21)18(3)10-14-11(2)7-8-23-14/h5-9H,4,10H2,1-3H3. The Hall–Kier alpha value is -1.22. The summed E-state index contributed by atoms with van der Waals surface area (Å²) in [5.41, 5.74) is 1.37. The highest BCUT2D eigenvalue weighted by Gasteiger charge is 2.25. The minimum atomic E-state index is -3.68. The molecule has 1 heterocycles. The number of halogens is 1. The van der Waals surface area contributed by atoms with E-state index in [2.05, 4.69) is 15.9 Å². The molecule has 0 atom stereocenters. The van der Waals surface area contributed by atoms with Crippen molar-refractivity contribution in [3.63, 3.8) is 0 Å². The number of carbonyl (C=O) groups is 1. The molecule has 0 N–H and O–H groups in total. The number of thiophene rings is 1. The largest absolute Gasteiger partial charge is 0.462 e. The van der Waals surface area contributed by atoms with Crippen LogP contribution in [0.1, 0.15) is 27.7 Å².